The summed E-state index contributed by atoms with van der Waals surface area (Å²) in [6, 6.07) is 0. The number of allylic oxidation sites excluding steroid dienone is 2. The molecule has 0 aliphatic heterocycles. The summed E-state index contributed by atoms with van der Waals surface area (Å²) in [6.07, 6.45) is 7.90. The topological polar surface area (TPSA) is 46.5 Å². The minimum absolute atomic E-state index is 0.181. The SMILES string of the molecule is C=CC(C)(O)CCC=C(C)CC(C=C(C)C)OC(=O)CC. The summed E-state index contributed by atoms with van der Waals surface area (Å²) in [7, 11) is 0. The smallest absolute Gasteiger partial charge is 0.306 e. The lowest BCUT2D eigenvalue weighted by Gasteiger charge is -2.18. The van der Waals surface area contributed by atoms with E-state index < -0.39 is 5.60 Å². The molecule has 0 amide bonds. The fraction of sp³-hybridized carbons (Fsp3) is 0.611. The number of rotatable bonds is 9. The van der Waals surface area contributed by atoms with Gasteiger partial charge >= 0.3 is 5.97 Å². The first-order valence-corrected chi connectivity index (χ1v) is 7.56. The van der Waals surface area contributed by atoms with Crippen molar-refractivity contribution < 1.29 is 14.6 Å². The van der Waals surface area contributed by atoms with Crippen LogP contribution in [0.5, 0.6) is 0 Å². The van der Waals surface area contributed by atoms with Crippen LogP contribution in [0.2, 0.25) is 0 Å². The van der Waals surface area contributed by atoms with Crippen LogP contribution in [-0.4, -0.2) is 22.8 Å². The molecule has 0 aliphatic carbocycles. The molecule has 1 N–H and O–H groups in total. The quantitative estimate of drug-likeness (QED) is 0.508. The Morgan fingerprint density at radius 3 is 2.48 bits per heavy atom. The zero-order valence-corrected chi connectivity index (χ0v) is 14.1. The standard InChI is InChI=1S/C18H30O3/c1-7-17(19)21-16(12-14(3)4)13-15(5)10-9-11-18(6,20)8-2/h8,10,12,16,20H,2,7,9,11,13H2,1,3-6H3. The van der Waals surface area contributed by atoms with Crippen molar-refractivity contribution in [1.29, 1.82) is 0 Å². The summed E-state index contributed by atoms with van der Waals surface area (Å²) in [4.78, 5) is 11.5. The highest BCUT2D eigenvalue weighted by Crippen LogP contribution is 2.17. The van der Waals surface area contributed by atoms with Gasteiger partial charge in [-0.1, -0.05) is 30.2 Å². The van der Waals surface area contributed by atoms with Crippen molar-refractivity contribution >= 4 is 5.97 Å². The molecule has 0 saturated carbocycles. The Morgan fingerprint density at radius 2 is 2.00 bits per heavy atom. The van der Waals surface area contributed by atoms with Gasteiger partial charge in [-0.3, -0.25) is 4.79 Å². The van der Waals surface area contributed by atoms with Gasteiger partial charge in [-0.25, -0.2) is 0 Å². The summed E-state index contributed by atoms with van der Waals surface area (Å²) in [6.45, 7) is 13.2. The Labute approximate surface area is 129 Å². The van der Waals surface area contributed by atoms with Crippen LogP contribution in [0.4, 0.5) is 0 Å². The Bertz CT molecular complexity index is 399. The van der Waals surface area contributed by atoms with Crippen molar-refractivity contribution in [2.45, 2.75) is 72.0 Å². The van der Waals surface area contributed by atoms with E-state index in [4.69, 9.17) is 4.74 Å². The number of aliphatic hydroxyl groups is 1. The van der Waals surface area contributed by atoms with E-state index in [1.165, 1.54) is 0 Å². The van der Waals surface area contributed by atoms with E-state index in [1.54, 1.807) is 19.9 Å². The molecule has 21 heavy (non-hydrogen) atoms. The second-order valence-corrected chi connectivity index (χ2v) is 5.98. The van der Waals surface area contributed by atoms with E-state index >= 15 is 0 Å². The van der Waals surface area contributed by atoms with Crippen LogP contribution >= 0.6 is 0 Å². The lowest BCUT2D eigenvalue weighted by molar-refractivity contribution is -0.146. The van der Waals surface area contributed by atoms with Crippen molar-refractivity contribution in [3.8, 4) is 0 Å². The second kappa shape index (κ2) is 9.56. The normalized spacial score (nSPS) is 15.8. The van der Waals surface area contributed by atoms with E-state index in [-0.39, 0.29) is 12.1 Å². The maximum atomic E-state index is 11.5. The van der Waals surface area contributed by atoms with Crippen molar-refractivity contribution in [3.05, 3.63) is 36.0 Å². The Balaban J connectivity index is 4.58. The van der Waals surface area contributed by atoms with Crippen LogP contribution < -0.4 is 0 Å². The number of hydrogen-bond acceptors (Lipinski definition) is 3. The van der Waals surface area contributed by atoms with Gasteiger partial charge in [0, 0.05) is 12.8 Å². The predicted octanol–water partition coefficient (Wildman–Crippen LogP) is 4.33. The molecule has 0 aromatic heterocycles. The molecule has 0 radical (unpaired) electrons. The Morgan fingerprint density at radius 1 is 1.38 bits per heavy atom. The van der Waals surface area contributed by atoms with Crippen LogP contribution in [0.25, 0.3) is 0 Å². The minimum atomic E-state index is -0.829. The first kappa shape index (κ1) is 19.7. The molecule has 2 unspecified atom stereocenters. The number of carbonyl (C=O) groups is 1. The molecular formula is C18H30O3. The second-order valence-electron chi connectivity index (χ2n) is 5.98. The molecule has 0 bridgehead atoms. The average molecular weight is 294 g/mol. The zero-order valence-electron chi connectivity index (χ0n) is 14.1. The third-order valence-electron chi connectivity index (χ3n) is 3.20. The Kier molecular flexibility index (Phi) is 8.95. The van der Waals surface area contributed by atoms with Crippen LogP contribution in [0.3, 0.4) is 0 Å². The van der Waals surface area contributed by atoms with Crippen LogP contribution in [0, 0.1) is 0 Å². The summed E-state index contributed by atoms with van der Waals surface area (Å²) >= 11 is 0. The van der Waals surface area contributed by atoms with Crippen LogP contribution in [0.15, 0.2) is 36.0 Å². The fourth-order valence-electron chi connectivity index (χ4n) is 1.87. The van der Waals surface area contributed by atoms with Gasteiger partial charge in [-0.05, 0) is 46.6 Å². The largest absolute Gasteiger partial charge is 0.458 e. The molecule has 0 aromatic carbocycles. The first-order valence-electron chi connectivity index (χ1n) is 7.56. The van der Waals surface area contributed by atoms with Crippen LogP contribution in [0.1, 0.15) is 60.3 Å². The van der Waals surface area contributed by atoms with Gasteiger partial charge in [0.15, 0.2) is 0 Å². The van der Waals surface area contributed by atoms with E-state index in [1.807, 2.05) is 26.8 Å². The maximum Gasteiger partial charge on any atom is 0.306 e. The van der Waals surface area contributed by atoms with Crippen molar-refractivity contribution in [3.63, 3.8) is 0 Å². The van der Waals surface area contributed by atoms with Gasteiger partial charge in [-0.2, -0.15) is 0 Å². The predicted molar refractivity (Wildman–Crippen MR) is 88.0 cm³/mol. The molecule has 0 fully saturated rings. The van der Waals surface area contributed by atoms with Gasteiger partial charge in [0.05, 0.1) is 5.60 Å². The molecular weight excluding hydrogens is 264 g/mol. The van der Waals surface area contributed by atoms with Gasteiger partial charge in [0.25, 0.3) is 0 Å². The number of ether oxygens (including phenoxy) is 1. The molecule has 3 heteroatoms. The molecule has 0 rings (SSSR count). The molecule has 0 saturated heterocycles. The monoisotopic (exact) mass is 294 g/mol. The number of esters is 1. The lowest BCUT2D eigenvalue weighted by atomic mass is 9.98. The van der Waals surface area contributed by atoms with Gasteiger partial charge in [0.2, 0.25) is 0 Å². The summed E-state index contributed by atoms with van der Waals surface area (Å²) < 4.78 is 5.43. The van der Waals surface area contributed by atoms with Crippen LogP contribution in [-0.2, 0) is 9.53 Å². The fourth-order valence-corrected chi connectivity index (χ4v) is 1.87. The van der Waals surface area contributed by atoms with Crippen molar-refractivity contribution in [2.24, 2.45) is 0 Å². The van der Waals surface area contributed by atoms with Crippen molar-refractivity contribution in [2.75, 3.05) is 0 Å². The zero-order chi connectivity index (χ0) is 16.5. The Hall–Kier alpha value is -1.35. The van der Waals surface area contributed by atoms with E-state index in [9.17, 15) is 9.90 Å². The first-order chi connectivity index (χ1) is 9.70. The van der Waals surface area contributed by atoms with Gasteiger partial charge in [0.1, 0.15) is 6.10 Å². The van der Waals surface area contributed by atoms with Crippen molar-refractivity contribution in [1.82, 2.24) is 0 Å². The summed E-state index contributed by atoms with van der Waals surface area (Å²) in [5.74, 6) is -0.181. The average Bonchev–Trinajstić information content (AvgIpc) is 2.37. The van der Waals surface area contributed by atoms with Gasteiger partial charge < -0.3 is 9.84 Å². The molecule has 120 valence electrons. The van der Waals surface area contributed by atoms with Gasteiger partial charge in [-0.15, -0.1) is 6.58 Å². The minimum Gasteiger partial charge on any atom is -0.458 e. The van der Waals surface area contributed by atoms with E-state index in [0.29, 0.717) is 19.3 Å². The molecule has 0 heterocycles. The molecule has 0 aliphatic rings. The number of hydrogen-bond donors (Lipinski definition) is 1. The molecule has 3 nitrogen and oxygen atoms in total. The molecule has 2 atom stereocenters. The summed E-state index contributed by atoms with van der Waals surface area (Å²) in [5, 5.41) is 9.86. The molecule has 0 aromatic rings. The molecule has 0 spiro atoms. The number of carbonyl (C=O) groups excluding carboxylic acids is 1. The maximum absolute atomic E-state index is 11.5. The lowest BCUT2D eigenvalue weighted by Crippen LogP contribution is -2.19. The van der Waals surface area contributed by atoms with E-state index in [0.717, 1.165) is 17.6 Å². The summed E-state index contributed by atoms with van der Waals surface area (Å²) in [5.41, 5.74) is 1.46. The highest BCUT2D eigenvalue weighted by molar-refractivity contribution is 5.69. The van der Waals surface area contributed by atoms with E-state index in [2.05, 4.69) is 12.7 Å². The highest BCUT2D eigenvalue weighted by atomic mass is 16.5. The third kappa shape index (κ3) is 10.1. The third-order valence-corrected chi connectivity index (χ3v) is 3.20. The highest BCUT2D eigenvalue weighted by Gasteiger charge is 2.14.